The molecule has 3 aromatic rings. The zero-order valence-corrected chi connectivity index (χ0v) is 18.5. The quantitative estimate of drug-likeness (QED) is 0.394. The number of hydrogen-bond acceptors (Lipinski definition) is 7. The van der Waals surface area contributed by atoms with Gasteiger partial charge in [-0.25, -0.2) is 18.5 Å². The number of hydrogen-bond donors (Lipinski definition) is 1. The summed E-state index contributed by atoms with van der Waals surface area (Å²) in [5, 5.41) is 5.87. The van der Waals surface area contributed by atoms with Gasteiger partial charge in [0.1, 0.15) is 11.5 Å². The first-order valence-corrected chi connectivity index (χ1v) is 11.7. The van der Waals surface area contributed by atoms with Crippen LogP contribution < -0.4 is 14.6 Å². The molecule has 0 bridgehead atoms. The molecule has 0 saturated heterocycles. The van der Waals surface area contributed by atoms with Gasteiger partial charge < -0.3 is 14.0 Å². The number of ketones is 1. The maximum atomic E-state index is 12.8. The highest BCUT2D eigenvalue weighted by molar-refractivity contribution is 7.99. The van der Waals surface area contributed by atoms with E-state index in [0.29, 0.717) is 34.3 Å². The Balaban J connectivity index is 1.89. The third-order valence-corrected chi connectivity index (χ3v) is 6.39. The summed E-state index contributed by atoms with van der Waals surface area (Å²) in [6.07, 6.45) is 0.857. The van der Waals surface area contributed by atoms with Crippen LogP contribution in [0.2, 0.25) is 0 Å². The molecule has 0 aliphatic carbocycles. The number of nitrogens with zero attached hydrogens (tertiary/aromatic N) is 2. The van der Waals surface area contributed by atoms with Crippen LogP contribution in [0.15, 0.2) is 46.5 Å². The van der Waals surface area contributed by atoms with Crippen LogP contribution in [0.4, 0.5) is 0 Å². The molecule has 0 radical (unpaired) electrons. The van der Waals surface area contributed by atoms with Crippen LogP contribution in [0.25, 0.3) is 11.0 Å². The van der Waals surface area contributed by atoms with Crippen molar-refractivity contribution in [1.29, 1.82) is 0 Å². The first-order valence-electron chi connectivity index (χ1n) is 9.19. The molecule has 2 aromatic carbocycles. The number of methoxy groups -OCH3 is 2. The zero-order valence-electron chi connectivity index (χ0n) is 16.9. The molecule has 0 fully saturated rings. The van der Waals surface area contributed by atoms with E-state index in [2.05, 4.69) is 4.98 Å². The van der Waals surface area contributed by atoms with Crippen molar-refractivity contribution in [3.05, 3.63) is 42.0 Å². The molecule has 0 aliphatic rings. The second-order valence-electron chi connectivity index (χ2n) is 6.52. The number of fused-ring (bicyclic) bond motifs is 1. The largest absolute Gasteiger partial charge is 0.497 e. The van der Waals surface area contributed by atoms with Crippen LogP contribution in [0, 0.1) is 0 Å². The summed E-state index contributed by atoms with van der Waals surface area (Å²) < 4.78 is 35.8. The van der Waals surface area contributed by atoms with E-state index in [9.17, 15) is 13.2 Å². The van der Waals surface area contributed by atoms with Crippen LogP contribution >= 0.6 is 11.8 Å². The third-order valence-electron chi connectivity index (χ3n) is 4.50. The van der Waals surface area contributed by atoms with E-state index in [-0.39, 0.29) is 16.4 Å². The number of imidazole rings is 1. The van der Waals surface area contributed by atoms with Gasteiger partial charge in [-0.15, -0.1) is 0 Å². The van der Waals surface area contributed by atoms with Gasteiger partial charge in [-0.05, 0) is 36.8 Å². The number of benzene rings is 2. The summed E-state index contributed by atoms with van der Waals surface area (Å²) in [6, 6.07) is 9.66. The van der Waals surface area contributed by atoms with E-state index in [1.54, 1.807) is 31.4 Å². The Morgan fingerprint density at radius 1 is 1.17 bits per heavy atom. The highest BCUT2D eigenvalue weighted by Crippen LogP contribution is 2.29. The Labute approximate surface area is 179 Å². The number of carbonyl (C=O) groups excluding carboxylic acids is 1. The second-order valence-corrected chi connectivity index (χ2v) is 9.02. The van der Waals surface area contributed by atoms with Crippen molar-refractivity contribution in [2.24, 2.45) is 5.14 Å². The Kier molecular flexibility index (Phi) is 6.69. The van der Waals surface area contributed by atoms with Crippen molar-refractivity contribution in [3.63, 3.8) is 0 Å². The van der Waals surface area contributed by atoms with E-state index >= 15 is 0 Å². The van der Waals surface area contributed by atoms with Gasteiger partial charge in [0.05, 0.1) is 41.5 Å². The SMILES string of the molecule is CCCn1c(SCC(=O)c2ccc(OC)cc2OC)nc2cc(S(N)(=O)=O)ccc21. The van der Waals surface area contributed by atoms with Crippen LogP contribution in [0.3, 0.4) is 0 Å². The van der Waals surface area contributed by atoms with Crippen molar-refractivity contribution in [2.75, 3.05) is 20.0 Å². The smallest absolute Gasteiger partial charge is 0.238 e. The van der Waals surface area contributed by atoms with Crippen LogP contribution in [-0.4, -0.2) is 43.7 Å². The lowest BCUT2D eigenvalue weighted by Crippen LogP contribution is -2.11. The molecule has 3 rings (SSSR count). The summed E-state index contributed by atoms with van der Waals surface area (Å²) in [4.78, 5) is 17.3. The summed E-state index contributed by atoms with van der Waals surface area (Å²) in [5.74, 6) is 1.09. The molecule has 0 spiro atoms. The predicted molar refractivity (Wildman–Crippen MR) is 116 cm³/mol. The van der Waals surface area contributed by atoms with Crippen LogP contribution in [-0.2, 0) is 16.6 Å². The van der Waals surface area contributed by atoms with Gasteiger partial charge in [0, 0.05) is 12.6 Å². The van der Waals surface area contributed by atoms with Crippen LogP contribution in [0.5, 0.6) is 11.5 Å². The van der Waals surface area contributed by atoms with E-state index in [1.807, 2.05) is 11.5 Å². The van der Waals surface area contributed by atoms with E-state index < -0.39 is 10.0 Å². The molecular weight excluding hydrogens is 426 g/mol. The summed E-state index contributed by atoms with van der Waals surface area (Å²) >= 11 is 1.29. The monoisotopic (exact) mass is 449 g/mol. The first kappa shape index (κ1) is 22.1. The van der Waals surface area contributed by atoms with E-state index in [0.717, 1.165) is 11.9 Å². The minimum atomic E-state index is -3.82. The molecule has 8 nitrogen and oxygen atoms in total. The highest BCUT2D eigenvalue weighted by atomic mass is 32.2. The number of thioether (sulfide) groups is 1. The molecule has 160 valence electrons. The second kappa shape index (κ2) is 9.07. The lowest BCUT2D eigenvalue weighted by Gasteiger charge is -2.10. The van der Waals surface area contributed by atoms with E-state index in [4.69, 9.17) is 14.6 Å². The molecular formula is C20H23N3O5S2. The average Bonchev–Trinajstić information content (AvgIpc) is 3.08. The number of carbonyl (C=O) groups is 1. The molecule has 2 N–H and O–H groups in total. The van der Waals surface area contributed by atoms with Gasteiger partial charge in [-0.3, -0.25) is 4.79 Å². The Morgan fingerprint density at radius 3 is 2.57 bits per heavy atom. The maximum Gasteiger partial charge on any atom is 0.238 e. The third kappa shape index (κ3) is 4.61. The van der Waals surface area contributed by atoms with Gasteiger partial charge in [-0.2, -0.15) is 0 Å². The number of aromatic nitrogens is 2. The fraction of sp³-hybridized carbons (Fsp3) is 0.300. The Bertz CT molecular complexity index is 1190. The van der Waals surface area contributed by atoms with Crippen LogP contribution in [0.1, 0.15) is 23.7 Å². The number of ether oxygens (including phenoxy) is 2. The minimum Gasteiger partial charge on any atom is -0.497 e. The highest BCUT2D eigenvalue weighted by Gasteiger charge is 2.18. The Hall–Kier alpha value is -2.56. The lowest BCUT2D eigenvalue weighted by atomic mass is 10.1. The van der Waals surface area contributed by atoms with Gasteiger partial charge >= 0.3 is 0 Å². The van der Waals surface area contributed by atoms with Crippen molar-refractivity contribution in [3.8, 4) is 11.5 Å². The topological polar surface area (TPSA) is 114 Å². The molecule has 0 atom stereocenters. The lowest BCUT2D eigenvalue weighted by molar-refractivity contribution is 0.101. The van der Waals surface area contributed by atoms with Crippen molar-refractivity contribution >= 4 is 38.6 Å². The number of aryl methyl sites for hydroxylation is 1. The normalized spacial score (nSPS) is 11.6. The van der Waals surface area contributed by atoms with Gasteiger partial charge in [0.15, 0.2) is 10.9 Å². The first-order chi connectivity index (χ1) is 14.3. The van der Waals surface area contributed by atoms with Gasteiger partial charge in [-0.1, -0.05) is 18.7 Å². The maximum absolute atomic E-state index is 12.8. The summed E-state index contributed by atoms with van der Waals surface area (Å²) in [5.41, 5.74) is 1.77. The molecule has 1 heterocycles. The number of Topliss-reactive ketones (excluding diaryl/α,β-unsaturated/α-hetero) is 1. The molecule has 0 aliphatic heterocycles. The zero-order chi connectivity index (χ0) is 21.9. The molecule has 30 heavy (non-hydrogen) atoms. The fourth-order valence-electron chi connectivity index (χ4n) is 3.05. The van der Waals surface area contributed by atoms with Gasteiger partial charge in [0.2, 0.25) is 10.0 Å². The molecule has 10 heteroatoms. The minimum absolute atomic E-state index is 0.00624. The molecule has 0 amide bonds. The Morgan fingerprint density at radius 2 is 1.93 bits per heavy atom. The molecule has 0 saturated carbocycles. The van der Waals surface area contributed by atoms with Crippen molar-refractivity contribution in [2.45, 2.75) is 29.9 Å². The molecule has 0 unspecified atom stereocenters. The summed E-state index contributed by atoms with van der Waals surface area (Å²) in [6.45, 7) is 2.72. The van der Waals surface area contributed by atoms with E-state index in [1.165, 1.54) is 31.0 Å². The standard InChI is InChI=1S/C20H23N3O5S2/c1-4-9-23-17-8-6-14(30(21,25)26)11-16(17)22-20(23)29-12-18(24)15-7-5-13(27-2)10-19(15)28-3/h5-8,10-11H,4,9,12H2,1-3H3,(H2,21,25,26). The van der Waals surface area contributed by atoms with Crippen molar-refractivity contribution < 1.29 is 22.7 Å². The van der Waals surface area contributed by atoms with Gasteiger partial charge in [0.25, 0.3) is 0 Å². The predicted octanol–water partition coefficient (Wildman–Crippen LogP) is 3.09. The fourth-order valence-corrected chi connectivity index (χ4v) is 4.51. The number of primary sulfonamides is 1. The average molecular weight is 450 g/mol. The number of sulfonamides is 1. The van der Waals surface area contributed by atoms with Crippen molar-refractivity contribution in [1.82, 2.24) is 9.55 Å². The number of rotatable bonds is 9. The summed E-state index contributed by atoms with van der Waals surface area (Å²) in [7, 11) is -0.770. The molecule has 1 aromatic heterocycles. The number of nitrogens with two attached hydrogens (primary N) is 1.